The smallest absolute Gasteiger partial charge is 0.213 e. The van der Waals surface area contributed by atoms with Gasteiger partial charge in [0.2, 0.25) is 5.43 Å². The monoisotopic (exact) mass is 502 g/mol. The first kappa shape index (κ1) is 22.9. The molecule has 0 aliphatic carbocycles. The maximum Gasteiger partial charge on any atom is 0.213 e. The quantitative estimate of drug-likeness (QED) is 0.340. The van der Waals surface area contributed by atoms with Crippen molar-refractivity contribution in [3.8, 4) is 22.5 Å². The van der Waals surface area contributed by atoms with E-state index in [2.05, 4.69) is 15.0 Å². The first-order chi connectivity index (χ1) is 16.8. The number of aromatic amines is 1. The number of rotatable bonds is 5. The highest BCUT2D eigenvalue weighted by atomic mass is 35.5. The van der Waals surface area contributed by atoms with Gasteiger partial charge in [0, 0.05) is 28.6 Å². The standard InChI is InChI=1S/C26H19ClN4O3S/c1-16-12-18(13-21(27)29-16)23-22(17-8-4-2-5-9-17)31-26-24(30-23)25(32)19(14-28-26)15-35(33,34)20-10-6-3-7-11-20/h2-14H,15H2,1H3,(H,28,31,32). The number of nitrogens with one attached hydrogen (secondary N) is 1. The van der Waals surface area contributed by atoms with Gasteiger partial charge in [-0.3, -0.25) is 4.79 Å². The third kappa shape index (κ3) is 4.58. The van der Waals surface area contributed by atoms with Crippen LogP contribution in [-0.4, -0.2) is 28.4 Å². The topological polar surface area (TPSA) is 106 Å². The number of fused-ring (bicyclic) bond motifs is 1. The summed E-state index contributed by atoms with van der Waals surface area (Å²) in [7, 11) is -3.72. The van der Waals surface area contributed by atoms with Crippen LogP contribution < -0.4 is 5.43 Å². The third-order valence-electron chi connectivity index (χ3n) is 5.48. The molecule has 35 heavy (non-hydrogen) atoms. The van der Waals surface area contributed by atoms with Crippen molar-refractivity contribution in [2.45, 2.75) is 17.6 Å². The number of benzene rings is 2. The summed E-state index contributed by atoms with van der Waals surface area (Å²) >= 11 is 6.21. The summed E-state index contributed by atoms with van der Waals surface area (Å²) in [5.74, 6) is -0.458. The molecule has 7 nitrogen and oxygen atoms in total. The molecular weight excluding hydrogens is 484 g/mol. The SMILES string of the molecule is Cc1cc(-c2nc3c(=O)c(CS(=O)(=O)c4ccccc4)c[nH]c3nc2-c2ccccc2)cc(Cl)n1. The summed E-state index contributed by atoms with van der Waals surface area (Å²) in [4.78, 5) is 30.1. The molecule has 0 atom stereocenters. The molecule has 0 unspecified atom stereocenters. The van der Waals surface area contributed by atoms with Crippen molar-refractivity contribution < 1.29 is 8.42 Å². The van der Waals surface area contributed by atoms with E-state index in [1.54, 1.807) is 24.3 Å². The first-order valence-electron chi connectivity index (χ1n) is 10.7. The van der Waals surface area contributed by atoms with Gasteiger partial charge in [0.1, 0.15) is 5.15 Å². The van der Waals surface area contributed by atoms with Crippen LogP contribution in [0.1, 0.15) is 11.3 Å². The zero-order chi connectivity index (χ0) is 24.6. The van der Waals surface area contributed by atoms with Crippen LogP contribution in [0.15, 0.2) is 88.7 Å². The molecular formula is C26H19ClN4O3S. The number of pyridine rings is 2. The molecule has 0 radical (unpaired) electrons. The Morgan fingerprint density at radius 1 is 0.857 bits per heavy atom. The van der Waals surface area contributed by atoms with Crippen molar-refractivity contribution in [3.05, 3.63) is 106 Å². The minimum Gasteiger partial charge on any atom is -0.344 e. The number of hydrogen-bond acceptors (Lipinski definition) is 6. The second kappa shape index (κ2) is 9.05. The highest BCUT2D eigenvalue weighted by molar-refractivity contribution is 7.90. The lowest BCUT2D eigenvalue weighted by molar-refractivity contribution is 0.595. The summed E-state index contributed by atoms with van der Waals surface area (Å²) in [6, 6.07) is 21.0. The lowest BCUT2D eigenvalue weighted by Gasteiger charge is -2.12. The van der Waals surface area contributed by atoms with Gasteiger partial charge < -0.3 is 4.98 Å². The van der Waals surface area contributed by atoms with Crippen LogP contribution in [0.2, 0.25) is 5.15 Å². The Labute approximate surface area is 206 Å². The van der Waals surface area contributed by atoms with E-state index in [4.69, 9.17) is 16.6 Å². The molecule has 5 rings (SSSR count). The molecule has 0 aliphatic rings. The molecule has 1 N–H and O–H groups in total. The van der Waals surface area contributed by atoms with Crippen LogP contribution >= 0.6 is 11.6 Å². The molecule has 0 spiro atoms. The molecule has 0 aliphatic heterocycles. The first-order valence-corrected chi connectivity index (χ1v) is 12.7. The Kier molecular flexibility index (Phi) is 5.92. The maximum absolute atomic E-state index is 13.4. The molecule has 0 saturated carbocycles. The summed E-state index contributed by atoms with van der Waals surface area (Å²) in [6.45, 7) is 1.81. The second-order valence-electron chi connectivity index (χ2n) is 8.02. The molecule has 3 aromatic heterocycles. The number of halogens is 1. The fourth-order valence-electron chi connectivity index (χ4n) is 3.85. The largest absolute Gasteiger partial charge is 0.344 e. The molecule has 9 heteroatoms. The maximum atomic E-state index is 13.4. The van der Waals surface area contributed by atoms with Crippen molar-refractivity contribution in [1.82, 2.24) is 19.9 Å². The highest BCUT2D eigenvalue weighted by Gasteiger charge is 2.21. The molecule has 0 bridgehead atoms. The van der Waals surface area contributed by atoms with Gasteiger partial charge in [0.25, 0.3) is 0 Å². The van der Waals surface area contributed by atoms with Gasteiger partial charge in [-0.15, -0.1) is 0 Å². The average molecular weight is 503 g/mol. The lowest BCUT2D eigenvalue weighted by Crippen LogP contribution is -2.17. The number of aromatic nitrogens is 4. The predicted octanol–water partition coefficient (Wildman–Crippen LogP) is 4.98. The Balaban J connectivity index is 1.71. The van der Waals surface area contributed by atoms with E-state index < -0.39 is 21.0 Å². The van der Waals surface area contributed by atoms with E-state index in [-0.39, 0.29) is 26.8 Å². The minimum atomic E-state index is -3.72. The Morgan fingerprint density at radius 3 is 2.20 bits per heavy atom. The predicted molar refractivity (Wildman–Crippen MR) is 136 cm³/mol. The molecule has 174 valence electrons. The Morgan fingerprint density at radius 2 is 1.51 bits per heavy atom. The van der Waals surface area contributed by atoms with Gasteiger partial charge >= 0.3 is 0 Å². The van der Waals surface area contributed by atoms with Crippen molar-refractivity contribution >= 4 is 32.6 Å². The van der Waals surface area contributed by atoms with Crippen LogP contribution in [0.25, 0.3) is 33.7 Å². The van der Waals surface area contributed by atoms with Gasteiger partial charge in [0.05, 0.1) is 22.0 Å². The van der Waals surface area contributed by atoms with E-state index in [0.29, 0.717) is 22.6 Å². The normalized spacial score (nSPS) is 11.6. The van der Waals surface area contributed by atoms with Crippen molar-refractivity contribution in [2.24, 2.45) is 0 Å². The summed E-state index contributed by atoms with van der Waals surface area (Å²) in [5, 5.41) is 0.289. The van der Waals surface area contributed by atoms with Gasteiger partial charge in [-0.1, -0.05) is 60.1 Å². The van der Waals surface area contributed by atoms with Crippen molar-refractivity contribution in [2.75, 3.05) is 0 Å². The average Bonchev–Trinajstić information content (AvgIpc) is 2.85. The number of sulfone groups is 1. The van der Waals surface area contributed by atoms with Gasteiger partial charge in [0.15, 0.2) is 21.0 Å². The summed E-state index contributed by atoms with van der Waals surface area (Å²) in [6.07, 6.45) is 1.39. The summed E-state index contributed by atoms with van der Waals surface area (Å²) < 4.78 is 25.8. The fourth-order valence-corrected chi connectivity index (χ4v) is 5.47. The number of hydrogen-bond donors (Lipinski definition) is 1. The van der Waals surface area contributed by atoms with E-state index in [1.807, 2.05) is 43.3 Å². The van der Waals surface area contributed by atoms with Gasteiger partial charge in [-0.05, 0) is 31.2 Å². The zero-order valence-electron chi connectivity index (χ0n) is 18.6. The van der Waals surface area contributed by atoms with Crippen LogP contribution in [0.4, 0.5) is 0 Å². The molecule has 0 amide bonds. The van der Waals surface area contributed by atoms with Crippen LogP contribution in [-0.2, 0) is 15.6 Å². The van der Waals surface area contributed by atoms with Crippen LogP contribution in [0.5, 0.6) is 0 Å². The molecule has 0 fully saturated rings. The second-order valence-corrected chi connectivity index (χ2v) is 10.4. The lowest BCUT2D eigenvalue weighted by atomic mass is 10.0. The molecule has 2 aromatic carbocycles. The third-order valence-corrected chi connectivity index (χ3v) is 7.35. The highest BCUT2D eigenvalue weighted by Crippen LogP contribution is 2.31. The number of nitrogens with zero attached hydrogens (tertiary/aromatic N) is 3. The van der Waals surface area contributed by atoms with Crippen LogP contribution in [0, 0.1) is 6.92 Å². The van der Waals surface area contributed by atoms with Crippen molar-refractivity contribution in [1.29, 1.82) is 0 Å². The molecule has 3 heterocycles. The Bertz CT molecular complexity index is 1700. The number of H-pyrrole nitrogens is 1. The van der Waals surface area contributed by atoms with E-state index in [9.17, 15) is 13.2 Å². The van der Waals surface area contributed by atoms with E-state index in [1.165, 1.54) is 18.3 Å². The van der Waals surface area contributed by atoms with Crippen molar-refractivity contribution in [3.63, 3.8) is 0 Å². The fraction of sp³-hybridized carbons (Fsp3) is 0.0769. The number of aryl methyl sites for hydroxylation is 1. The van der Waals surface area contributed by atoms with E-state index >= 15 is 0 Å². The minimum absolute atomic E-state index is 0.0473. The van der Waals surface area contributed by atoms with E-state index in [0.717, 1.165) is 5.56 Å². The molecule has 0 saturated heterocycles. The van der Waals surface area contributed by atoms with Crippen LogP contribution in [0.3, 0.4) is 0 Å². The Hall–Kier alpha value is -3.88. The summed E-state index contributed by atoms with van der Waals surface area (Å²) in [5.41, 5.74) is 3.04. The molecule has 5 aromatic rings. The zero-order valence-corrected chi connectivity index (χ0v) is 20.1. The van der Waals surface area contributed by atoms with Gasteiger partial charge in [-0.25, -0.2) is 23.4 Å². The van der Waals surface area contributed by atoms with Gasteiger partial charge in [-0.2, -0.15) is 0 Å².